The molecule has 1 aliphatic heterocycles. The maximum Gasteiger partial charge on any atom is 0.309 e. The zero-order chi connectivity index (χ0) is 17.4. The Morgan fingerprint density at radius 1 is 1.24 bits per heavy atom. The van der Waals surface area contributed by atoms with Crippen LogP contribution in [0.1, 0.15) is 24.5 Å². The van der Waals surface area contributed by atoms with E-state index in [9.17, 15) is 4.79 Å². The van der Waals surface area contributed by atoms with Crippen LogP contribution < -0.4 is 0 Å². The molecule has 4 rings (SSSR count). The molecule has 0 bridgehead atoms. The van der Waals surface area contributed by atoms with Crippen LogP contribution in [0.5, 0.6) is 0 Å². The third kappa shape index (κ3) is 3.10. The SMILES string of the molecule is CC1=C(CN2CC(C(=O)O)C2)CCc2cc(-c3ccccn3)ccc21. The van der Waals surface area contributed by atoms with Gasteiger partial charge in [-0.3, -0.25) is 14.7 Å². The number of aryl methyl sites for hydroxylation is 1. The summed E-state index contributed by atoms with van der Waals surface area (Å²) < 4.78 is 0. The first-order chi connectivity index (χ1) is 12.1. The summed E-state index contributed by atoms with van der Waals surface area (Å²) in [4.78, 5) is 17.6. The number of pyridine rings is 1. The minimum atomic E-state index is -0.669. The van der Waals surface area contributed by atoms with Gasteiger partial charge in [0.15, 0.2) is 0 Å². The molecule has 4 heteroatoms. The Labute approximate surface area is 147 Å². The fraction of sp³-hybridized carbons (Fsp3) is 0.333. The fourth-order valence-electron chi connectivity index (χ4n) is 3.85. The van der Waals surface area contributed by atoms with Crippen LogP contribution in [0.4, 0.5) is 0 Å². The third-order valence-corrected chi connectivity index (χ3v) is 5.42. The minimum absolute atomic E-state index is 0.183. The van der Waals surface area contributed by atoms with Crippen molar-refractivity contribution in [2.75, 3.05) is 19.6 Å². The monoisotopic (exact) mass is 334 g/mol. The van der Waals surface area contributed by atoms with E-state index in [2.05, 4.69) is 35.0 Å². The largest absolute Gasteiger partial charge is 0.481 e. The quantitative estimate of drug-likeness (QED) is 0.930. The van der Waals surface area contributed by atoms with Gasteiger partial charge in [-0.1, -0.05) is 23.8 Å². The van der Waals surface area contributed by atoms with Crippen molar-refractivity contribution in [1.29, 1.82) is 0 Å². The van der Waals surface area contributed by atoms with E-state index in [1.165, 1.54) is 27.8 Å². The lowest BCUT2D eigenvalue weighted by atomic mass is 9.84. The number of fused-ring (bicyclic) bond motifs is 1. The summed E-state index contributed by atoms with van der Waals surface area (Å²) >= 11 is 0. The Balaban J connectivity index is 1.53. The molecule has 2 heterocycles. The normalized spacial score (nSPS) is 18.0. The number of nitrogens with zero attached hydrogens (tertiary/aromatic N) is 2. The van der Waals surface area contributed by atoms with Gasteiger partial charge in [0, 0.05) is 31.4 Å². The van der Waals surface area contributed by atoms with Gasteiger partial charge in [0.2, 0.25) is 0 Å². The zero-order valence-corrected chi connectivity index (χ0v) is 14.4. The highest BCUT2D eigenvalue weighted by Crippen LogP contribution is 2.34. The van der Waals surface area contributed by atoms with Crippen LogP contribution in [-0.2, 0) is 11.2 Å². The number of hydrogen-bond donors (Lipinski definition) is 1. The lowest BCUT2D eigenvalue weighted by Crippen LogP contribution is -2.50. The average Bonchev–Trinajstić information content (AvgIpc) is 2.59. The van der Waals surface area contributed by atoms with E-state index in [-0.39, 0.29) is 5.92 Å². The highest BCUT2D eigenvalue weighted by Gasteiger charge is 2.33. The van der Waals surface area contributed by atoms with Crippen LogP contribution in [0.3, 0.4) is 0 Å². The zero-order valence-electron chi connectivity index (χ0n) is 14.4. The van der Waals surface area contributed by atoms with E-state index >= 15 is 0 Å². The number of aromatic nitrogens is 1. The van der Waals surface area contributed by atoms with Crippen LogP contribution in [0.2, 0.25) is 0 Å². The summed E-state index contributed by atoms with van der Waals surface area (Å²) in [5, 5.41) is 9.02. The summed E-state index contributed by atoms with van der Waals surface area (Å²) in [6.07, 6.45) is 3.92. The highest BCUT2D eigenvalue weighted by atomic mass is 16.4. The molecule has 2 aliphatic rings. The molecule has 4 nitrogen and oxygen atoms in total. The highest BCUT2D eigenvalue weighted by molar-refractivity contribution is 5.75. The minimum Gasteiger partial charge on any atom is -0.481 e. The van der Waals surface area contributed by atoms with Gasteiger partial charge in [-0.25, -0.2) is 0 Å². The molecule has 1 fully saturated rings. The van der Waals surface area contributed by atoms with Gasteiger partial charge in [-0.15, -0.1) is 0 Å². The number of rotatable bonds is 4. The number of likely N-dealkylation sites (tertiary alicyclic amines) is 1. The van der Waals surface area contributed by atoms with Crippen LogP contribution in [-0.4, -0.2) is 40.6 Å². The predicted octanol–water partition coefficient (Wildman–Crippen LogP) is 3.48. The van der Waals surface area contributed by atoms with Gasteiger partial charge < -0.3 is 5.11 Å². The molecule has 1 aromatic carbocycles. The van der Waals surface area contributed by atoms with E-state index in [0.29, 0.717) is 13.1 Å². The molecule has 1 N–H and O–H groups in total. The van der Waals surface area contributed by atoms with Crippen molar-refractivity contribution < 1.29 is 9.90 Å². The molecular weight excluding hydrogens is 312 g/mol. The van der Waals surface area contributed by atoms with Crippen molar-refractivity contribution in [2.24, 2.45) is 5.92 Å². The average molecular weight is 334 g/mol. The molecule has 0 unspecified atom stereocenters. The van der Waals surface area contributed by atoms with Crippen LogP contribution >= 0.6 is 0 Å². The van der Waals surface area contributed by atoms with Crippen LogP contribution in [0.25, 0.3) is 16.8 Å². The molecule has 1 saturated heterocycles. The van der Waals surface area contributed by atoms with Gasteiger partial charge >= 0.3 is 5.97 Å². The van der Waals surface area contributed by atoms with Gasteiger partial charge in [0.25, 0.3) is 0 Å². The number of aliphatic carboxylic acids is 1. The molecule has 0 radical (unpaired) electrons. The Bertz CT molecular complexity index is 836. The maximum absolute atomic E-state index is 11.0. The van der Waals surface area contributed by atoms with E-state index in [1.54, 1.807) is 0 Å². The van der Waals surface area contributed by atoms with E-state index in [0.717, 1.165) is 25.1 Å². The Hall–Kier alpha value is -2.46. The molecule has 0 spiro atoms. The molecule has 1 aliphatic carbocycles. The number of allylic oxidation sites excluding steroid dienone is 1. The lowest BCUT2D eigenvalue weighted by molar-refractivity contribution is -0.147. The molecule has 25 heavy (non-hydrogen) atoms. The number of carboxylic acids is 1. The molecule has 128 valence electrons. The second-order valence-electron chi connectivity index (χ2n) is 7.04. The molecule has 0 amide bonds. The van der Waals surface area contributed by atoms with E-state index in [4.69, 9.17) is 5.11 Å². The second-order valence-corrected chi connectivity index (χ2v) is 7.04. The Kier molecular flexibility index (Phi) is 4.14. The molecule has 2 aromatic rings. The molecular formula is C21H22N2O2. The van der Waals surface area contributed by atoms with Crippen molar-refractivity contribution in [3.63, 3.8) is 0 Å². The van der Waals surface area contributed by atoms with Gasteiger partial charge in [-0.05, 0) is 54.7 Å². The topological polar surface area (TPSA) is 53.4 Å². The Morgan fingerprint density at radius 3 is 2.80 bits per heavy atom. The summed E-state index contributed by atoms with van der Waals surface area (Å²) in [6, 6.07) is 12.6. The maximum atomic E-state index is 11.0. The first kappa shape index (κ1) is 16.0. The number of carboxylic acid groups (broad SMARTS) is 1. The summed E-state index contributed by atoms with van der Waals surface area (Å²) in [5.74, 6) is -0.851. The van der Waals surface area contributed by atoms with Crippen molar-refractivity contribution in [3.05, 3.63) is 59.3 Å². The molecule has 0 atom stereocenters. The second kappa shape index (κ2) is 6.45. The first-order valence-corrected chi connectivity index (χ1v) is 8.80. The van der Waals surface area contributed by atoms with Gasteiger partial charge in [0.05, 0.1) is 11.6 Å². The number of hydrogen-bond acceptors (Lipinski definition) is 3. The van der Waals surface area contributed by atoms with Crippen molar-refractivity contribution in [2.45, 2.75) is 19.8 Å². The predicted molar refractivity (Wildman–Crippen MR) is 98.2 cm³/mol. The summed E-state index contributed by atoms with van der Waals surface area (Å²) in [5.41, 5.74) is 7.70. The van der Waals surface area contributed by atoms with Gasteiger partial charge in [0.1, 0.15) is 0 Å². The Morgan fingerprint density at radius 2 is 2.08 bits per heavy atom. The van der Waals surface area contributed by atoms with Crippen molar-refractivity contribution in [3.8, 4) is 11.3 Å². The van der Waals surface area contributed by atoms with E-state index < -0.39 is 5.97 Å². The third-order valence-electron chi connectivity index (χ3n) is 5.42. The summed E-state index contributed by atoms with van der Waals surface area (Å²) in [6.45, 7) is 4.45. The van der Waals surface area contributed by atoms with Gasteiger partial charge in [-0.2, -0.15) is 0 Å². The number of benzene rings is 1. The number of carbonyl (C=O) groups is 1. The smallest absolute Gasteiger partial charge is 0.309 e. The van der Waals surface area contributed by atoms with Crippen molar-refractivity contribution >= 4 is 11.5 Å². The van der Waals surface area contributed by atoms with E-state index in [1.807, 2.05) is 24.4 Å². The van der Waals surface area contributed by atoms with Crippen molar-refractivity contribution in [1.82, 2.24) is 9.88 Å². The standard InChI is InChI=1S/C21H22N2O2/c1-14-17(11-23-12-18(13-23)21(24)25)6-5-15-10-16(7-8-19(14)15)20-4-2-3-9-22-20/h2-4,7-10,18H,5-6,11-13H2,1H3,(H,24,25). The molecule has 0 saturated carbocycles. The lowest BCUT2D eigenvalue weighted by Gasteiger charge is -2.38. The van der Waals surface area contributed by atoms with Crippen LogP contribution in [0, 0.1) is 5.92 Å². The molecule has 1 aromatic heterocycles. The summed E-state index contributed by atoms with van der Waals surface area (Å²) in [7, 11) is 0. The fourth-order valence-corrected chi connectivity index (χ4v) is 3.85. The first-order valence-electron chi connectivity index (χ1n) is 8.80. The van der Waals surface area contributed by atoms with Crippen LogP contribution in [0.15, 0.2) is 48.2 Å².